The second-order valence-electron chi connectivity index (χ2n) is 6.28. The van der Waals surface area contributed by atoms with Crippen LogP contribution in [0.4, 0.5) is 5.69 Å². The maximum atomic E-state index is 12.3. The van der Waals surface area contributed by atoms with Crippen LogP contribution in [0.1, 0.15) is 41.6 Å². The Morgan fingerprint density at radius 3 is 2.62 bits per heavy atom. The third-order valence-electron chi connectivity index (χ3n) is 4.46. The van der Waals surface area contributed by atoms with Crippen LogP contribution >= 0.6 is 12.4 Å². The number of hydrogen-bond acceptors (Lipinski definition) is 4. The van der Waals surface area contributed by atoms with Gasteiger partial charge >= 0.3 is 0 Å². The van der Waals surface area contributed by atoms with E-state index in [-0.39, 0.29) is 24.4 Å². The van der Waals surface area contributed by atoms with Gasteiger partial charge in [-0.1, -0.05) is 18.2 Å². The zero-order valence-corrected chi connectivity index (χ0v) is 15.7. The van der Waals surface area contributed by atoms with Crippen LogP contribution in [-0.4, -0.2) is 19.1 Å². The van der Waals surface area contributed by atoms with Crippen molar-refractivity contribution in [2.24, 2.45) is 0 Å². The fourth-order valence-corrected chi connectivity index (χ4v) is 3.13. The van der Waals surface area contributed by atoms with E-state index in [9.17, 15) is 4.79 Å². The van der Waals surface area contributed by atoms with E-state index in [1.807, 2.05) is 18.2 Å². The number of rotatable bonds is 6. The molecule has 3 rings (SSSR count). The Balaban J connectivity index is 0.00000243. The standard InChI is InChI=1S/C20H24N2O3.ClH/c1-24-18-11-5-7-15(19(18)25-17-9-2-3-10-17)13-22-20(23)14-6-4-8-16(21)12-14;/h4-8,11-12,17H,2-3,9-10,13,21H2,1H3,(H,22,23);1H. The number of halogens is 1. The van der Waals surface area contributed by atoms with E-state index in [4.69, 9.17) is 15.2 Å². The molecule has 0 saturated heterocycles. The van der Waals surface area contributed by atoms with E-state index < -0.39 is 0 Å². The van der Waals surface area contributed by atoms with Crippen molar-refractivity contribution < 1.29 is 14.3 Å². The quantitative estimate of drug-likeness (QED) is 0.748. The molecule has 1 saturated carbocycles. The highest BCUT2D eigenvalue weighted by Gasteiger charge is 2.20. The lowest BCUT2D eigenvalue weighted by Gasteiger charge is -2.19. The van der Waals surface area contributed by atoms with Crippen LogP contribution in [0.25, 0.3) is 0 Å². The van der Waals surface area contributed by atoms with Crippen molar-refractivity contribution in [3.8, 4) is 11.5 Å². The highest BCUT2D eigenvalue weighted by atomic mass is 35.5. The molecule has 1 amide bonds. The Hall–Kier alpha value is -2.40. The van der Waals surface area contributed by atoms with Gasteiger partial charge in [0.1, 0.15) is 0 Å². The first-order valence-corrected chi connectivity index (χ1v) is 8.63. The van der Waals surface area contributed by atoms with Gasteiger partial charge in [0.25, 0.3) is 5.91 Å². The number of para-hydroxylation sites is 1. The molecule has 2 aromatic rings. The van der Waals surface area contributed by atoms with Gasteiger partial charge in [-0.15, -0.1) is 12.4 Å². The summed E-state index contributed by atoms with van der Waals surface area (Å²) in [6.45, 7) is 0.368. The Kier molecular flexibility index (Phi) is 7.16. The lowest BCUT2D eigenvalue weighted by Crippen LogP contribution is -2.24. The molecule has 5 nitrogen and oxygen atoms in total. The number of carbonyl (C=O) groups is 1. The Bertz CT molecular complexity index is 746. The van der Waals surface area contributed by atoms with Gasteiger partial charge in [-0.05, 0) is 49.9 Å². The summed E-state index contributed by atoms with van der Waals surface area (Å²) in [5.41, 5.74) is 7.76. The van der Waals surface area contributed by atoms with Gasteiger partial charge in [-0.3, -0.25) is 4.79 Å². The van der Waals surface area contributed by atoms with Gasteiger partial charge in [0.2, 0.25) is 0 Å². The van der Waals surface area contributed by atoms with Crippen molar-refractivity contribution in [2.45, 2.75) is 38.3 Å². The molecule has 0 aromatic heterocycles. The zero-order chi connectivity index (χ0) is 17.6. The van der Waals surface area contributed by atoms with Crippen molar-refractivity contribution in [2.75, 3.05) is 12.8 Å². The van der Waals surface area contributed by atoms with Crippen molar-refractivity contribution >= 4 is 24.0 Å². The molecule has 0 spiro atoms. The summed E-state index contributed by atoms with van der Waals surface area (Å²) in [4.78, 5) is 12.3. The number of nitrogens with two attached hydrogens (primary N) is 1. The van der Waals surface area contributed by atoms with Crippen LogP contribution in [0.5, 0.6) is 11.5 Å². The van der Waals surface area contributed by atoms with E-state index in [2.05, 4.69) is 5.32 Å². The monoisotopic (exact) mass is 376 g/mol. The normalized spacial score (nSPS) is 13.7. The molecule has 3 N–H and O–H groups in total. The molecule has 1 fully saturated rings. The minimum Gasteiger partial charge on any atom is -0.493 e. The highest BCUT2D eigenvalue weighted by molar-refractivity contribution is 5.95. The van der Waals surface area contributed by atoms with E-state index >= 15 is 0 Å². The molecule has 1 aliphatic carbocycles. The number of hydrogen-bond donors (Lipinski definition) is 2. The summed E-state index contributed by atoms with van der Waals surface area (Å²) in [6, 6.07) is 12.7. The maximum absolute atomic E-state index is 12.3. The topological polar surface area (TPSA) is 73.6 Å². The minimum atomic E-state index is -0.165. The van der Waals surface area contributed by atoms with E-state index in [0.717, 1.165) is 24.2 Å². The van der Waals surface area contributed by atoms with Gasteiger partial charge in [-0.2, -0.15) is 0 Å². The molecular weight excluding hydrogens is 352 g/mol. The third-order valence-corrected chi connectivity index (χ3v) is 4.46. The molecule has 26 heavy (non-hydrogen) atoms. The van der Waals surface area contributed by atoms with Crippen LogP contribution in [-0.2, 0) is 6.54 Å². The van der Waals surface area contributed by atoms with Gasteiger partial charge in [-0.25, -0.2) is 0 Å². The Labute approximate surface area is 160 Å². The van der Waals surface area contributed by atoms with Gasteiger partial charge < -0.3 is 20.5 Å². The van der Waals surface area contributed by atoms with Crippen molar-refractivity contribution in [3.63, 3.8) is 0 Å². The molecular formula is C20H25ClN2O3. The molecule has 0 radical (unpaired) electrons. The molecule has 0 bridgehead atoms. The van der Waals surface area contributed by atoms with E-state index in [0.29, 0.717) is 23.5 Å². The first kappa shape index (κ1) is 19.9. The molecule has 6 heteroatoms. The molecule has 0 atom stereocenters. The number of ether oxygens (including phenoxy) is 2. The number of nitrogen functional groups attached to an aromatic ring is 1. The summed E-state index contributed by atoms with van der Waals surface area (Å²) >= 11 is 0. The lowest BCUT2D eigenvalue weighted by atomic mass is 10.1. The fourth-order valence-electron chi connectivity index (χ4n) is 3.13. The number of carbonyl (C=O) groups excluding carboxylic acids is 1. The zero-order valence-electron chi connectivity index (χ0n) is 14.9. The number of methoxy groups -OCH3 is 1. The van der Waals surface area contributed by atoms with Crippen LogP contribution in [0.15, 0.2) is 42.5 Å². The predicted molar refractivity (Wildman–Crippen MR) is 105 cm³/mol. The second kappa shape index (κ2) is 9.34. The van der Waals surface area contributed by atoms with Crippen LogP contribution in [0, 0.1) is 0 Å². The third kappa shape index (κ3) is 4.82. The average molecular weight is 377 g/mol. The second-order valence-corrected chi connectivity index (χ2v) is 6.28. The Morgan fingerprint density at radius 2 is 1.92 bits per heavy atom. The first-order chi connectivity index (χ1) is 12.2. The summed E-state index contributed by atoms with van der Waals surface area (Å²) in [6.07, 6.45) is 4.74. The largest absolute Gasteiger partial charge is 0.493 e. The number of nitrogens with one attached hydrogen (secondary N) is 1. The lowest BCUT2D eigenvalue weighted by molar-refractivity contribution is 0.0950. The number of anilines is 1. The maximum Gasteiger partial charge on any atom is 0.251 e. The van der Waals surface area contributed by atoms with E-state index in [1.54, 1.807) is 31.4 Å². The number of amides is 1. The summed E-state index contributed by atoms with van der Waals surface area (Å²) < 4.78 is 11.6. The first-order valence-electron chi connectivity index (χ1n) is 8.63. The molecule has 0 unspecified atom stereocenters. The van der Waals surface area contributed by atoms with Crippen molar-refractivity contribution in [3.05, 3.63) is 53.6 Å². The molecule has 140 valence electrons. The predicted octanol–water partition coefficient (Wildman–Crippen LogP) is 3.95. The van der Waals surface area contributed by atoms with Gasteiger partial charge in [0.15, 0.2) is 11.5 Å². The van der Waals surface area contributed by atoms with Crippen LogP contribution < -0.4 is 20.5 Å². The fraction of sp³-hybridized carbons (Fsp3) is 0.350. The highest BCUT2D eigenvalue weighted by Crippen LogP contribution is 2.34. The van der Waals surface area contributed by atoms with Crippen molar-refractivity contribution in [1.29, 1.82) is 0 Å². The Morgan fingerprint density at radius 1 is 1.19 bits per heavy atom. The van der Waals surface area contributed by atoms with Crippen LogP contribution in [0.3, 0.4) is 0 Å². The smallest absolute Gasteiger partial charge is 0.251 e. The molecule has 1 aliphatic rings. The summed E-state index contributed by atoms with van der Waals surface area (Å²) in [5.74, 6) is 1.26. The summed E-state index contributed by atoms with van der Waals surface area (Å²) in [5, 5.41) is 2.93. The number of benzene rings is 2. The van der Waals surface area contributed by atoms with Crippen LogP contribution in [0.2, 0.25) is 0 Å². The summed E-state index contributed by atoms with van der Waals surface area (Å²) in [7, 11) is 1.63. The SMILES string of the molecule is COc1cccc(CNC(=O)c2cccc(N)c2)c1OC1CCCC1.Cl. The van der Waals surface area contributed by atoms with Gasteiger partial charge in [0.05, 0.1) is 13.2 Å². The molecule has 0 heterocycles. The van der Waals surface area contributed by atoms with Crippen molar-refractivity contribution in [1.82, 2.24) is 5.32 Å². The minimum absolute atomic E-state index is 0. The average Bonchev–Trinajstić information content (AvgIpc) is 3.13. The molecule has 2 aromatic carbocycles. The van der Waals surface area contributed by atoms with Gasteiger partial charge in [0, 0.05) is 23.4 Å². The molecule has 0 aliphatic heterocycles. The van der Waals surface area contributed by atoms with E-state index in [1.165, 1.54) is 12.8 Å².